The largest absolute Gasteiger partial charge is 0.328 e. The van der Waals surface area contributed by atoms with Crippen molar-refractivity contribution in [3.63, 3.8) is 0 Å². The Balaban J connectivity index is 3.29. The van der Waals surface area contributed by atoms with Crippen molar-refractivity contribution in [1.82, 2.24) is 4.98 Å². The van der Waals surface area contributed by atoms with Gasteiger partial charge in [0.25, 0.3) is 5.56 Å². The Morgan fingerprint density at radius 1 is 1.60 bits per heavy atom. The number of hydrogen-bond acceptors (Lipinski definition) is 2. The quantitative estimate of drug-likeness (QED) is 0.573. The highest BCUT2D eigenvalue weighted by atomic mass is 16.1. The zero-order valence-corrected chi connectivity index (χ0v) is 5.55. The summed E-state index contributed by atoms with van der Waals surface area (Å²) >= 11 is 0. The highest BCUT2D eigenvalue weighted by Gasteiger charge is 1.92. The topological polar surface area (TPSA) is 49.9 Å². The number of aldehydes is 1. The third-order valence-corrected chi connectivity index (χ3v) is 1.25. The molecule has 0 aliphatic rings. The second kappa shape index (κ2) is 2.47. The fraction of sp³-hybridized carbons (Fsp3) is 0.143. The summed E-state index contributed by atoms with van der Waals surface area (Å²) in [6.45, 7) is 1.66. The average molecular weight is 137 g/mol. The molecule has 0 aromatic carbocycles. The van der Waals surface area contributed by atoms with Crippen LogP contribution in [-0.4, -0.2) is 11.3 Å². The number of aryl methyl sites for hydroxylation is 1. The average Bonchev–Trinajstić information content (AvgIpc) is 1.95. The number of aromatic nitrogens is 1. The van der Waals surface area contributed by atoms with Gasteiger partial charge < -0.3 is 4.98 Å². The number of H-pyrrole nitrogens is 1. The molecule has 0 bridgehead atoms. The van der Waals surface area contributed by atoms with Gasteiger partial charge in [-0.05, 0) is 13.0 Å². The van der Waals surface area contributed by atoms with Crippen molar-refractivity contribution in [1.29, 1.82) is 0 Å². The Bertz CT molecular complexity index is 301. The van der Waals surface area contributed by atoms with Crippen LogP contribution in [0, 0.1) is 6.92 Å². The van der Waals surface area contributed by atoms with Crippen molar-refractivity contribution >= 4 is 6.29 Å². The van der Waals surface area contributed by atoms with Crippen LogP contribution >= 0.6 is 0 Å². The van der Waals surface area contributed by atoms with Gasteiger partial charge in [0.2, 0.25) is 0 Å². The maximum Gasteiger partial charge on any atom is 0.250 e. The van der Waals surface area contributed by atoms with Crippen molar-refractivity contribution in [3.05, 3.63) is 33.7 Å². The molecule has 3 heteroatoms. The van der Waals surface area contributed by atoms with Crippen molar-refractivity contribution in [2.75, 3.05) is 0 Å². The molecule has 0 saturated heterocycles. The van der Waals surface area contributed by atoms with Crippen LogP contribution in [0.25, 0.3) is 0 Å². The standard InChI is InChI=1S/C7H7NO2/c1-5-2-6(4-9)3-8-7(5)10/h2-4H,1H3,(H,8,10). The van der Waals surface area contributed by atoms with Gasteiger partial charge in [-0.2, -0.15) is 0 Å². The van der Waals surface area contributed by atoms with E-state index in [4.69, 9.17) is 0 Å². The lowest BCUT2D eigenvalue weighted by Gasteiger charge is -1.90. The Kier molecular flexibility index (Phi) is 1.67. The van der Waals surface area contributed by atoms with Crippen LogP contribution in [0.15, 0.2) is 17.1 Å². The van der Waals surface area contributed by atoms with Crippen molar-refractivity contribution in [2.24, 2.45) is 0 Å². The van der Waals surface area contributed by atoms with E-state index in [9.17, 15) is 9.59 Å². The normalized spacial score (nSPS) is 9.30. The molecule has 0 fully saturated rings. The molecule has 3 nitrogen and oxygen atoms in total. The molecule has 0 aliphatic heterocycles. The Morgan fingerprint density at radius 2 is 2.30 bits per heavy atom. The predicted octanol–water partition coefficient (Wildman–Crippen LogP) is 0.496. The molecule has 1 rings (SSSR count). The van der Waals surface area contributed by atoms with E-state index in [1.807, 2.05) is 0 Å². The molecular formula is C7H7NO2. The third kappa shape index (κ3) is 1.13. The molecule has 1 aromatic rings. The number of rotatable bonds is 1. The van der Waals surface area contributed by atoms with Crippen LogP contribution < -0.4 is 5.56 Å². The molecule has 0 amide bonds. The molecule has 10 heavy (non-hydrogen) atoms. The molecule has 0 radical (unpaired) electrons. The Hall–Kier alpha value is -1.38. The molecule has 0 saturated carbocycles. The summed E-state index contributed by atoms with van der Waals surface area (Å²) in [6, 6.07) is 1.55. The van der Waals surface area contributed by atoms with E-state index in [-0.39, 0.29) is 5.56 Å². The van der Waals surface area contributed by atoms with Gasteiger partial charge in [-0.15, -0.1) is 0 Å². The van der Waals surface area contributed by atoms with Crippen molar-refractivity contribution < 1.29 is 4.79 Å². The molecule has 0 atom stereocenters. The van der Waals surface area contributed by atoms with Crippen LogP contribution in [-0.2, 0) is 0 Å². The fourth-order valence-corrected chi connectivity index (χ4v) is 0.688. The first kappa shape index (κ1) is 6.74. The van der Waals surface area contributed by atoms with Gasteiger partial charge in [0.15, 0.2) is 6.29 Å². The SMILES string of the molecule is Cc1cc(C=O)c[nH]c1=O. The number of hydrogen-bond donors (Lipinski definition) is 1. The highest BCUT2D eigenvalue weighted by Crippen LogP contribution is 1.91. The first-order valence-electron chi connectivity index (χ1n) is 2.88. The van der Waals surface area contributed by atoms with E-state index in [0.717, 1.165) is 0 Å². The molecule has 0 unspecified atom stereocenters. The second-order valence-corrected chi connectivity index (χ2v) is 2.06. The molecule has 0 aliphatic carbocycles. The molecule has 0 spiro atoms. The van der Waals surface area contributed by atoms with Gasteiger partial charge in [0, 0.05) is 17.3 Å². The second-order valence-electron chi connectivity index (χ2n) is 2.06. The summed E-state index contributed by atoms with van der Waals surface area (Å²) in [7, 11) is 0. The van der Waals surface area contributed by atoms with Crippen LogP contribution in [0.4, 0.5) is 0 Å². The fourth-order valence-electron chi connectivity index (χ4n) is 0.688. The van der Waals surface area contributed by atoms with E-state index < -0.39 is 0 Å². The summed E-state index contributed by atoms with van der Waals surface area (Å²) in [4.78, 5) is 23.3. The number of carbonyl (C=O) groups is 1. The zero-order chi connectivity index (χ0) is 7.56. The Labute approximate surface area is 57.7 Å². The molecular weight excluding hydrogens is 130 g/mol. The minimum absolute atomic E-state index is 0.148. The van der Waals surface area contributed by atoms with Gasteiger partial charge >= 0.3 is 0 Å². The first-order chi connectivity index (χ1) is 4.74. The minimum Gasteiger partial charge on any atom is -0.328 e. The van der Waals surface area contributed by atoms with Crippen LogP contribution in [0.2, 0.25) is 0 Å². The molecule has 1 aromatic heterocycles. The molecule has 52 valence electrons. The summed E-state index contributed by atoms with van der Waals surface area (Å²) in [5, 5.41) is 0. The van der Waals surface area contributed by atoms with Gasteiger partial charge in [-0.3, -0.25) is 9.59 Å². The van der Waals surface area contributed by atoms with Gasteiger partial charge in [-0.25, -0.2) is 0 Å². The maximum absolute atomic E-state index is 10.7. The smallest absolute Gasteiger partial charge is 0.250 e. The minimum atomic E-state index is -0.148. The molecule has 1 heterocycles. The highest BCUT2D eigenvalue weighted by molar-refractivity contribution is 5.74. The van der Waals surface area contributed by atoms with Crippen LogP contribution in [0.1, 0.15) is 15.9 Å². The number of carbonyl (C=O) groups excluding carboxylic acids is 1. The predicted molar refractivity (Wildman–Crippen MR) is 37.2 cm³/mol. The van der Waals surface area contributed by atoms with Gasteiger partial charge in [0.1, 0.15) is 0 Å². The first-order valence-corrected chi connectivity index (χ1v) is 2.88. The summed E-state index contributed by atoms with van der Waals surface area (Å²) < 4.78 is 0. The summed E-state index contributed by atoms with van der Waals surface area (Å²) in [5.74, 6) is 0. The number of pyridine rings is 1. The lowest BCUT2D eigenvalue weighted by Crippen LogP contribution is -2.08. The molecule has 1 N–H and O–H groups in total. The lowest BCUT2D eigenvalue weighted by atomic mass is 10.2. The Morgan fingerprint density at radius 3 is 2.80 bits per heavy atom. The summed E-state index contributed by atoms with van der Waals surface area (Å²) in [5.41, 5.74) is 0.910. The van der Waals surface area contributed by atoms with Crippen molar-refractivity contribution in [3.8, 4) is 0 Å². The zero-order valence-electron chi connectivity index (χ0n) is 5.55. The monoisotopic (exact) mass is 137 g/mol. The maximum atomic E-state index is 10.7. The van der Waals surface area contributed by atoms with Gasteiger partial charge in [0.05, 0.1) is 0 Å². The third-order valence-electron chi connectivity index (χ3n) is 1.25. The van der Waals surface area contributed by atoms with Crippen molar-refractivity contribution in [2.45, 2.75) is 6.92 Å². The van der Waals surface area contributed by atoms with Crippen LogP contribution in [0.5, 0.6) is 0 Å². The van der Waals surface area contributed by atoms with E-state index in [1.165, 1.54) is 6.20 Å². The number of nitrogens with one attached hydrogen (secondary N) is 1. The van der Waals surface area contributed by atoms with E-state index in [2.05, 4.69) is 4.98 Å². The van der Waals surface area contributed by atoms with Crippen LogP contribution in [0.3, 0.4) is 0 Å². The van der Waals surface area contributed by atoms with E-state index in [0.29, 0.717) is 17.4 Å². The van der Waals surface area contributed by atoms with Gasteiger partial charge in [-0.1, -0.05) is 0 Å². The lowest BCUT2D eigenvalue weighted by molar-refractivity contribution is 0.112. The summed E-state index contributed by atoms with van der Waals surface area (Å²) in [6.07, 6.45) is 2.09. The van der Waals surface area contributed by atoms with E-state index >= 15 is 0 Å². The van der Waals surface area contributed by atoms with E-state index in [1.54, 1.807) is 13.0 Å². The number of aromatic amines is 1.